The molecular formula is C31H41BNO4+. The maximum atomic E-state index is 12.2. The third-order valence-electron chi connectivity index (χ3n) is 6.45. The Hall–Kier alpha value is -2.93. The van der Waals surface area contributed by atoms with E-state index >= 15 is 0 Å². The number of benzene rings is 3. The zero-order valence-corrected chi connectivity index (χ0v) is 22.8. The summed E-state index contributed by atoms with van der Waals surface area (Å²) in [7, 11) is 5.29. The molecule has 37 heavy (non-hydrogen) atoms. The topological polar surface area (TPSA) is 44.8 Å². The molecule has 0 N–H and O–H groups in total. The van der Waals surface area contributed by atoms with Gasteiger partial charge in [-0.15, -0.1) is 0 Å². The van der Waals surface area contributed by atoms with Crippen molar-refractivity contribution in [2.24, 2.45) is 0 Å². The van der Waals surface area contributed by atoms with Gasteiger partial charge >= 0.3 is 7.32 Å². The molecule has 3 aromatic rings. The zero-order chi connectivity index (χ0) is 26.6. The normalized spacial score (nSPS) is 11.8. The fourth-order valence-electron chi connectivity index (χ4n) is 4.53. The van der Waals surface area contributed by atoms with Crippen LogP contribution < -0.4 is 0 Å². The summed E-state index contributed by atoms with van der Waals surface area (Å²) in [5, 5.41) is 0. The predicted octanol–water partition coefficient (Wildman–Crippen LogP) is 5.87. The Kier molecular flexibility index (Phi) is 10.9. The molecule has 0 aliphatic rings. The van der Waals surface area contributed by atoms with Crippen LogP contribution in [0, 0.1) is 0 Å². The molecule has 0 aliphatic heterocycles. The molecule has 0 spiro atoms. The van der Waals surface area contributed by atoms with Gasteiger partial charge in [0.2, 0.25) is 0 Å². The van der Waals surface area contributed by atoms with E-state index in [0.29, 0.717) is 19.6 Å². The van der Waals surface area contributed by atoms with Gasteiger partial charge in [-0.1, -0.05) is 97.9 Å². The maximum Gasteiger partial charge on any atom is 0.715 e. The first kappa shape index (κ1) is 28.6. The number of carbonyl (C=O) groups is 1. The molecule has 0 aliphatic carbocycles. The fraction of sp³-hybridized carbons (Fsp3) is 0.387. The third-order valence-corrected chi connectivity index (χ3v) is 6.45. The minimum Gasteiger partial charge on any atom is -0.485 e. The molecule has 0 radical (unpaired) electrons. The van der Waals surface area contributed by atoms with Crippen molar-refractivity contribution in [3.63, 3.8) is 0 Å². The summed E-state index contributed by atoms with van der Waals surface area (Å²) in [6.45, 7) is 3.58. The third kappa shape index (κ3) is 8.56. The number of nitrogens with zero attached hydrogens (tertiary/aromatic N) is 1. The van der Waals surface area contributed by atoms with Gasteiger partial charge in [0.05, 0.1) is 27.7 Å². The highest BCUT2D eigenvalue weighted by Gasteiger charge is 2.36. The van der Waals surface area contributed by atoms with Crippen molar-refractivity contribution in [1.29, 1.82) is 0 Å². The number of hydrogen-bond donors (Lipinski definition) is 0. The predicted molar refractivity (Wildman–Crippen MR) is 150 cm³/mol. The van der Waals surface area contributed by atoms with Crippen LogP contribution in [0.1, 0.15) is 49.3 Å². The molecule has 0 heterocycles. The Balaban J connectivity index is 1.79. The van der Waals surface area contributed by atoms with Crippen LogP contribution >= 0.6 is 0 Å². The molecule has 0 aromatic heterocycles. The Labute approximate surface area is 223 Å². The Morgan fingerprint density at radius 3 is 1.65 bits per heavy atom. The van der Waals surface area contributed by atoms with Gasteiger partial charge < -0.3 is 18.4 Å². The minimum absolute atomic E-state index is 0.301. The average Bonchev–Trinajstić information content (AvgIpc) is 2.90. The lowest BCUT2D eigenvalue weighted by molar-refractivity contribution is -0.870. The van der Waals surface area contributed by atoms with Crippen molar-refractivity contribution in [2.75, 3.05) is 40.9 Å². The second kappa shape index (κ2) is 14.1. The van der Waals surface area contributed by atoms with E-state index < -0.39 is 7.32 Å². The summed E-state index contributed by atoms with van der Waals surface area (Å²) >= 11 is 0. The van der Waals surface area contributed by atoms with Crippen molar-refractivity contribution in [3.05, 3.63) is 108 Å². The molecule has 0 fully saturated rings. The van der Waals surface area contributed by atoms with Gasteiger partial charge in [0.25, 0.3) is 5.97 Å². The second-order valence-corrected chi connectivity index (χ2v) is 10.4. The van der Waals surface area contributed by atoms with Crippen LogP contribution in [0.3, 0.4) is 0 Å². The molecule has 0 amide bonds. The van der Waals surface area contributed by atoms with Crippen molar-refractivity contribution >= 4 is 13.3 Å². The van der Waals surface area contributed by atoms with E-state index in [1.807, 2.05) is 6.92 Å². The lowest BCUT2D eigenvalue weighted by atomic mass is 9.67. The minimum atomic E-state index is -0.995. The average molecular weight is 502 g/mol. The van der Waals surface area contributed by atoms with E-state index in [1.54, 1.807) is 0 Å². The lowest BCUT2D eigenvalue weighted by Gasteiger charge is -2.36. The summed E-state index contributed by atoms with van der Waals surface area (Å²) < 4.78 is 18.1. The second-order valence-electron chi connectivity index (χ2n) is 10.4. The lowest BCUT2D eigenvalue weighted by Crippen LogP contribution is -2.40. The summed E-state index contributed by atoms with van der Waals surface area (Å²) in [5.74, 6) is -0.301. The first-order valence-electron chi connectivity index (χ1n) is 13.2. The van der Waals surface area contributed by atoms with Crippen LogP contribution in [0.4, 0.5) is 0 Å². The van der Waals surface area contributed by atoms with E-state index in [1.165, 1.54) is 16.7 Å². The number of hydrogen-bond acceptors (Lipinski definition) is 4. The molecule has 0 atom stereocenters. The van der Waals surface area contributed by atoms with E-state index in [0.717, 1.165) is 30.3 Å². The van der Waals surface area contributed by atoms with Crippen molar-refractivity contribution < 1.29 is 23.2 Å². The molecule has 5 nitrogen and oxygen atoms in total. The molecule has 196 valence electrons. The Morgan fingerprint density at radius 2 is 1.22 bits per heavy atom. The van der Waals surface area contributed by atoms with Crippen LogP contribution in [-0.2, 0) is 24.2 Å². The first-order valence-corrected chi connectivity index (χ1v) is 13.2. The SMILES string of the molecule is CCCC(=O)OB(OCCCC(c1ccccc1)(c1ccccc1)c1ccccc1)OCC[N+](C)(C)C. The monoisotopic (exact) mass is 502 g/mol. The van der Waals surface area contributed by atoms with Gasteiger partial charge in [-0.3, -0.25) is 4.79 Å². The Morgan fingerprint density at radius 1 is 0.757 bits per heavy atom. The highest BCUT2D eigenvalue weighted by atomic mass is 16.7. The van der Waals surface area contributed by atoms with Gasteiger partial charge in [0.1, 0.15) is 6.54 Å². The summed E-state index contributed by atoms with van der Waals surface area (Å²) in [6, 6.07) is 31.9. The van der Waals surface area contributed by atoms with Crippen LogP contribution in [0.2, 0.25) is 0 Å². The molecule has 0 saturated carbocycles. The fourth-order valence-corrected chi connectivity index (χ4v) is 4.53. The highest BCUT2D eigenvalue weighted by Crippen LogP contribution is 2.43. The first-order chi connectivity index (χ1) is 17.8. The standard InChI is InChI=1S/C31H41BNO4/c1-5-16-30(34)37-32(36-26-24-33(2,3)4)35-25-15-23-31(27-17-9-6-10-18-27,28-19-11-7-12-20-28)29-21-13-8-14-22-29/h6-14,17-22H,5,15-16,23-26H2,1-4H3/q+1. The Bertz CT molecular complexity index is 958. The molecule has 6 heteroatoms. The van der Waals surface area contributed by atoms with Gasteiger partial charge in [0, 0.05) is 18.4 Å². The molecule has 0 saturated heterocycles. The number of quaternary nitrogens is 1. The summed E-state index contributed by atoms with van der Waals surface area (Å²) in [4.78, 5) is 12.2. The van der Waals surface area contributed by atoms with Crippen LogP contribution in [-0.4, -0.2) is 58.7 Å². The molecule has 3 rings (SSSR count). The van der Waals surface area contributed by atoms with Crippen molar-refractivity contribution in [1.82, 2.24) is 0 Å². The highest BCUT2D eigenvalue weighted by molar-refractivity contribution is 6.39. The van der Waals surface area contributed by atoms with Gasteiger partial charge in [-0.25, -0.2) is 0 Å². The molecule has 3 aromatic carbocycles. The quantitative estimate of drug-likeness (QED) is 0.113. The van der Waals surface area contributed by atoms with Crippen molar-refractivity contribution in [3.8, 4) is 0 Å². The van der Waals surface area contributed by atoms with E-state index in [-0.39, 0.29) is 11.4 Å². The van der Waals surface area contributed by atoms with Gasteiger partial charge in [-0.2, -0.15) is 0 Å². The number of likely N-dealkylation sites (N-methyl/N-ethyl adjacent to an activating group) is 1. The maximum absolute atomic E-state index is 12.2. The smallest absolute Gasteiger partial charge is 0.485 e. The van der Waals surface area contributed by atoms with Crippen LogP contribution in [0.25, 0.3) is 0 Å². The van der Waals surface area contributed by atoms with Gasteiger partial charge in [0.15, 0.2) is 0 Å². The van der Waals surface area contributed by atoms with Crippen LogP contribution in [0.5, 0.6) is 0 Å². The molecule has 0 bridgehead atoms. The van der Waals surface area contributed by atoms with E-state index in [9.17, 15) is 4.79 Å². The van der Waals surface area contributed by atoms with Crippen LogP contribution in [0.15, 0.2) is 91.0 Å². The van der Waals surface area contributed by atoms with Gasteiger partial charge in [-0.05, 0) is 36.0 Å². The zero-order valence-electron chi connectivity index (χ0n) is 22.8. The summed E-state index contributed by atoms with van der Waals surface area (Å²) in [5.41, 5.74) is 3.36. The van der Waals surface area contributed by atoms with E-state index in [4.69, 9.17) is 14.0 Å². The number of rotatable bonds is 15. The molecule has 0 unspecified atom stereocenters. The van der Waals surface area contributed by atoms with Crippen molar-refractivity contribution in [2.45, 2.75) is 38.0 Å². The largest absolute Gasteiger partial charge is 0.715 e. The summed E-state index contributed by atoms with van der Waals surface area (Å²) in [6.07, 6.45) is 2.63. The van der Waals surface area contributed by atoms with E-state index in [2.05, 4.69) is 112 Å². The number of carbonyl (C=O) groups excluding carboxylic acids is 1. The molecular weight excluding hydrogens is 461 g/mol.